The molecular formula is C24H34N6O6S. The smallest absolute Gasteiger partial charge is 0.326 e. The number of aromatic amines is 1. The van der Waals surface area contributed by atoms with Crippen molar-refractivity contribution in [2.75, 3.05) is 5.75 Å². The number of hydrogen-bond donors (Lipinski definition) is 8. The molecule has 0 aliphatic carbocycles. The molecule has 13 heteroatoms. The highest BCUT2D eigenvalue weighted by atomic mass is 32.1. The van der Waals surface area contributed by atoms with Gasteiger partial charge in [0.05, 0.1) is 12.4 Å². The summed E-state index contributed by atoms with van der Waals surface area (Å²) in [5, 5.41) is 26.7. The molecule has 1 aromatic heterocycles. The zero-order chi connectivity index (χ0) is 27.5. The number of thiol groups is 1. The summed E-state index contributed by atoms with van der Waals surface area (Å²) in [6.07, 6.45) is 3.50. The van der Waals surface area contributed by atoms with Crippen LogP contribution < -0.4 is 21.7 Å². The Morgan fingerprint density at radius 1 is 1.00 bits per heavy atom. The van der Waals surface area contributed by atoms with Gasteiger partial charge in [0.15, 0.2) is 0 Å². The van der Waals surface area contributed by atoms with Crippen LogP contribution in [0.4, 0.5) is 0 Å². The molecule has 1 heterocycles. The fourth-order valence-electron chi connectivity index (χ4n) is 3.41. The molecular weight excluding hydrogens is 500 g/mol. The standard InChI is InChI=1S/C24H34N6O6S/c1-3-13(2)20(25)23(34)30-19(11-37)22(33)28-17(9-15-10-26-12-27-15)21(32)29-18(24(35)36)8-14-4-6-16(31)7-5-14/h4-7,10,12-13,17-20,31,37H,3,8-9,11,25H2,1-2H3,(H,26,27)(H,28,33)(H,29,32)(H,30,34)(H,35,36). The van der Waals surface area contributed by atoms with Gasteiger partial charge in [-0.1, -0.05) is 32.4 Å². The van der Waals surface area contributed by atoms with Crippen LogP contribution in [0, 0.1) is 5.92 Å². The van der Waals surface area contributed by atoms with Gasteiger partial charge in [0.1, 0.15) is 23.9 Å². The van der Waals surface area contributed by atoms with Gasteiger partial charge in [-0.05, 0) is 23.6 Å². The van der Waals surface area contributed by atoms with Crippen molar-refractivity contribution < 1.29 is 29.4 Å². The SMILES string of the molecule is CCC(C)C(N)C(=O)NC(CS)C(=O)NC(Cc1cnc[nH]1)C(=O)NC(Cc1ccc(O)cc1)C(=O)O. The normalized spacial score (nSPS) is 15.0. The number of carbonyl (C=O) groups is 4. The lowest BCUT2D eigenvalue weighted by Gasteiger charge is -2.25. The molecule has 0 saturated heterocycles. The Bertz CT molecular complexity index is 1050. The van der Waals surface area contributed by atoms with Crippen LogP contribution >= 0.6 is 12.6 Å². The molecule has 8 N–H and O–H groups in total. The predicted octanol–water partition coefficient (Wildman–Crippen LogP) is -0.257. The zero-order valence-electron chi connectivity index (χ0n) is 20.7. The molecule has 1 aromatic carbocycles. The second kappa shape index (κ2) is 14.2. The number of nitrogens with zero attached hydrogens (tertiary/aromatic N) is 1. The number of aromatic hydroxyl groups is 1. The molecule has 5 unspecified atom stereocenters. The van der Waals surface area contributed by atoms with Crippen molar-refractivity contribution in [1.82, 2.24) is 25.9 Å². The van der Waals surface area contributed by atoms with Crippen molar-refractivity contribution in [3.8, 4) is 5.75 Å². The third kappa shape index (κ3) is 9.10. The third-order valence-electron chi connectivity index (χ3n) is 5.98. The van der Waals surface area contributed by atoms with E-state index < -0.39 is 47.9 Å². The molecule has 2 rings (SSSR count). The number of aliphatic carboxylic acids is 1. The van der Waals surface area contributed by atoms with Crippen LogP contribution in [0.15, 0.2) is 36.8 Å². The summed E-state index contributed by atoms with van der Waals surface area (Å²) in [5.74, 6) is -3.34. The van der Waals surface area contributed by atoms with Gasteiger partial charge in [0.2, 0.25) is 17.7 Å². The molecule has 0 saturated carbocycles. The molecule has 0 bridgehead atoms. The van der Waals surface area contributed by atoms with Gasteiger partial charge in [-0.2, -0.15) is 12.6 Å². The Morgan fingerprint density at radius 2 is 1.59 bits per heavy atom. The maximum atomic E-state index is 13.1. The van der Waals surface area contributed by atoms with E-state index in [1.807, 2.05) is 13.8 Å². The van der Waals surface area contributed by atoms with Crippen molar-refractivity contribution in [2.24, 2.45) is 11.7 Å². The van der Waals surface area contributed by atoms with E-state index in [1.54, 1.807) is 12.1 Å². The summed E-state index contributed by atoms with van der Waals surface area (Å²) in [5.41, 5.74) is 7.06. The van der Waals surface area contributed by atoms with Crippen LogP contribution in [-0.2, 0) is 32.0 Å². The number of hydrogen-bond acceptors (Lipinski definition) is 8. The summed E-state index contributed by atoms with van der Waals surface area (Å²) in [6, 6.07) is 1.55. The lowest BCUT2D eigenvalue weighted by atomic mass is 9.99. The van der Waals surface area contributed by atoms with Crippen molar-refractivity contribution >= 4 is 36.3 Å². The summed E-state index contributed by atoms with van der Waals surface area (Å²) >= 11 is 4.15. The fraction of sp³-hybridized carbons (Fsp3) is 0.458. The molecule has 0 spiro atoms. The highest BCUT2D eigenvalue weighted by Gasteiger charge is 2.31. The maximum Gasteiger partial charge on any atom is 0.326 e. The molecule has 0 fully saturated rings. The number of phenols is 1. The van der Waals surface area contributed by atoms with E-state index in [4.69, 9.17) is 5.73 Å². The van der Waals surface area contributed by atoms with Gasteiger partial charge >= 0.3 is 5.97 Å². The quantitative estimate of drug-likeness (QED) is 0.152. The van der Waals surface area contributed by atoms with Crippen molar-refractivity contribution in [1.29, 1.82) is 0 Å². The van der Waals surface area contributed by atoms with Gasteiger partial charge in [-0.25, -0.2) is 9.78 Å². The molecule has 202 valence electrons. The highest BCUT2D eigenvalue weighted by Crippen LogP contribution is 2.12. The molecule has 0 radical (unpaired) electrons. The first-order valence-electron chi connectivity index (χ1n) is 11.8. The van der Waals surface area contributed by atoms with Crippen LogP contribution in [0.2, 0.25) is 0 Å². The Hall–Kier alpha value is -3.58. The van der Waals surface area contributed by atoms with Gasteiger partial charge in [-0.3, -0.25) is 14.4 Å². The summed E-state index contributed by atoms with van der Waals surface area (Å²) in [4.78, 5) is 57.2. The molecule has 2 aromatic rings. The number of benzene rings is 1. The van der Waals surface area contributed by atoms with E-state index in [9.17, 15) is 29.4 Å². The van der Waals surface area contributed by atoms with E-state index in [1.165, 1.54) is 24.7 Å². The number of H-pyrrole nitrogens is 1. The summed E-state index contributed by atoms with van der Waals surface area (Å²) in [6.45, 7) is 3.72. The number of imidazole rings is 1. The average molecular weight is 535 g/mol. The van der Waals surface area contributed by atoms with E-state index in [2.05, 4.69) is 38.5 Å². The number of carboxylic acid groups (broad SMARTS) is 1. The van der Waals surface area contributed by atoms with Gasteiger partial charge in [-0.15, -0.1) is 0 Å². The predicted molar refractivity (Wildman–Crippen MR) is 139 cm³/mol. The Balaban J connectivity index is 2.15. The fourth-order valence-corrected chi connectivity index (χ4v) is 3.67. The van der Waals surface area contributed by atoms with Crippen molar-refractivity contribution in [2.45, 2.75) is 57.3 Å². The first-order chi connectivity index (χ1) is 17.5. The molecule has 0 aliphatic heterocycles. The lowest BCUT2D eigenvalue weighted by Crippen LogP contribution is -2.58. The number of aromatic nitrogens is 2. The topological polar surface area (TPSA) is 200 Å². The van der Waals surface area contributed by atoms with Crippen molar-refractivity contribution in [3.63, 3.8) is 0 Å². The minimum Gasteiger partial charge on any atom is -0.508 e. The average Bonchev–Trinajstić information content (AvgIpc) is 3.39. The largest absolute Gasteiger partial charge is 0.508 e. The van der Waals surface area contributed by atoms with E-state index in [-0.39, 0.29) is 30.3 Å². The second-order valence-corrected chi connectivity index (χ2v) is 9.13. The van der Waals surface area contributed by atoms with E-state index in [0.29, 0.717) is 17.7 Å². The number of nitrogens with one attached hydrogen (secondary N) is 4. The van der Waals surface area contributed by atoms with E-state index in [0.717, 1.165) is 0 Å². The second-order valence-electron chi connectivity index (χ2n) is 8.77. The Morgan fingerprint density at radius 3 is 2.14 bits per heavy atom. The van der Waals surface area contributed by atoms with Crippen LogP contribution in [0.1, 0.15) is 31.5 Å². The molecule has 3 amide bonds. The molecule has 0 aliphatic rings. The summed E-state index contributed by atoms with van der Waals surface area (Å²) < 4.78 is 0. The number of nitrogens with two attached hydrogens (primary N) is 1. The first-order valence-corrected chi connectivity index (χ1v) is 12.4. The maximum absolute atomic E-state index is 13.1. The zero-order valence-corrected chi connectivity index (χ0v) is 21.6. The Labute approximate surface area is 220 Å². The minimum atomic E-state index is -1.30. The number of carboxylic acids is 1. The number of amides is 3. The number of rotatable bonds is 14. The monoisotopic (exact) mass is 534 g/mol. The molecule has 37 heavy (non-hydrogen) atoms. The first kappa shape index (κ1) is 29.6. The highest BCUT2D eigenvalue weighted by molar-refractivity contribution is 7.80. The number of carbonyl (C=O) groups excluding carboxylic acids is 3. The minimum absolute atomic E-state index is 0.0112. The van der Waals surface area contributed by atoms with Gasteiger partial charge in [0, 0.05) is 30.5 Å². The van der Waals surface area contributed by atoms with Gasteiger partial charge in [0.25, 0.3) is 0 Å². The van der Waals surface area contributed by atoms with Crippen molar-refractivity contribution in [3.05, 3.63) is 48.0 Å². The third-order valence-corrected chi connectivity index (χ3v) is 6.34. The summed E-state index contributed by atoms with van der Waals surface area (Å²) in [7, 11) is 0. The lowest BCUT2D eigenvalue weighted by molar-refractivity contribution is -0.142. The Kier molecular flexibility index (Phi) is 11.4. The van der Waals surface area contributed by atoms with E-state index >= 15 is 0 Å². The van der Waals surface area contributed by atoms with Crippen LogP contribution in [0.3, 0.4) is 0 Å². The number of phenolic OH excluding ortho intramolecular Hbond substituents is 1. The molecule has 5 atom stereocenters. The van der Waals surface area contributed by atoms with Crippen LogP contribution in [0.25, 0.3) is 0 Å². The van der Waals surface area contributed by atoms with Gasteiger partial charge < -0.3 is 36.9 Å². The molecule has 12 nitrogen and oxygen atoms in total. The van der Waals surface area contributed by atoms with Crippen LogP contribution in [-0.4, -0.2) is 73.8 Å². The van der Waals surface area contributed by atoms with Crippen LogP contribution in [0.5, 0.6) is 5.75 Å².